The van der Waals surface area contributed by atoms with Crippen molar-refractivity contribution in [3.8, 4) is 0 Å². The number of carbonyl (C=O) groups excluding carboxylic acids is 1. The Morgan fingerprint density at radius 2 is 1.75 bits per heavy atom. The van der Waals surface area contributed by atoms with Crippen molar-refractivity contribution in [1.29, 1.82) is 0 Å². The summed E-state index contributed by atoms with van der Waals surface area (Å²) < 4.78 is 1.03. The van der Waals surface area contributed by atoms with Crippen molar-refractivity contribution in [2.75, 3.05) is 5.32 Å². The number of halogens is 1. The van der Waals surface area contributed by atoms with Crippen LogP contribution >= 0.6 is 15.9 Å². The molecule has 0 saturated heterocycles. The Hall–Kier alpha value is -1.87. The highest BCUT2D eigenvalue weighted by molar-refractivity contribution is 9.10. The normalized spacial score (nSPS) is 11.2. The fourth-order valence-corrected chi connectivity index (χ4v) is 2.05. The summed E-state index contributed by atoms with van der Waals surface area (Å²) in [7, 11) is 0. The van der Waals surface area contributed by atoms with E-state index in [1.165, 1.54) is 0 Å². The zero-order valence-corrected chi connectivity index (χ0v) is 12.9. The molecule has 0 fully saturated rings. The molecule has 2 rings (SSSR count). The molecule has 2 aromatic rings. The van der Waals surface area contributed by atoms with E-state index in [0.717, 1.165) is 22.3 Å². The minimum Gasteiger partial charge on any atom is -0.359 e. The molecular weight excluding hydrogens is 314 g/mol. The van der Waals surface area contributed by atoms with Gasteiger partial charge in [-0.3, -0.25) is 4.79 Å². The summed E-state index contributed by atoms with van der Waals surface area (Å²) in [5, 5.41) is 3.28. The van der Waals surface area contributed by atoms with Gasteiger partial charge in [-0.2, -0.15) is 0 Å². The third kappa shape index (κ3) is 4.07. The van der Waals surface area contributed by atoms with Gasteiger partial charge in [-0.15, -0.1) is 0 Å². The molecular formula is C17H16BrNO. The molecule has 2 nitrogen and oxygen atoms in total. The van der Waals surface area contributed by atoms with Crippen LogP contribution in [0.25, 0.3) is 0 Å². The van der Waals surface area contributed by atoms with E-state index in [-0.39, 0.29) is 5.78 Å². The van der Waals surface area contributed by atoms with E-state index in [9.17, 15) is 4.79 Å². The summed E-state index contributed by atoms with van der Waals surface area (Å²) in [6.45, 7) is 2.02. The molecule has 1 N–H and O–H groups in total. The Morgan fingerprint density at radius 3 is 2.35 bits per heavy atom. The Balaban J connectivity index is 2.13. The minimum atomic E-state index is 0.0204. The first-order valence-corrected chi connectivity index (χ1v) is 7.31. The molecule has 0 aliphatic rings. The smallest absolute Gasteiger partial charge is 0.187 e. The molecule has 102 valence electrons. The van der Waals surface area contributed by atoms with E-state index in [1.807, 2.05) is 61.5 Å². The molecule has 0 amide bonds. The zero-order valence-electron chi connectivity index (χ0n) is 11.3. The molecule has 2 aromatic carbocycles. The fraction of sp³-hybridized carbons (Fsp3) is 0.118. The molecule has 0 radical (unpaired) electrons. The van der Waals surface area contributed by atoms with Crippen LogP contribution in [0.5, 0.6) is 0 Å². The highest BCUT2D eigenvalue weighted by Gasteiger charge is 2.04. The number of ketones is 1. The second-order valence-corrected chi connectivity index (χ2v) is 5.30. The maximum atomic E-state index is 12.1. The molecule has 20 heavy (non-hydrogen) atoms. The van der Waals surface area contributed by atoms with E-state index >= 15 is 0 Å². The van der Waals surface area contributed by atoms with E-state index in [2.05, 4.69) is 21.2 Å². The Morgan fingerprint density at radius 1 is 1.10 bits per heavy atom. The molecule has 0 aromatic heterocycles. The van der Waals surface area contributed by atoms with Gasteiger partial charge in [-0.1, -0.05) is 53.2 Å². The van der Waals surface area contributed by atoms with E-state index < -0.39 is 0 Å². The largest absolute Gasteiger partial charge is 0.359 e. The van der Waals surface area contributed by atoms with Crippen LogP contribution in [0.1, 0.15) is 23.7 Å². The van der Waals surface area contributed by atoms with Gasteiger partial charge in [-0.25, -0.2) is 0 Å². The van der Waals surface area contributed by atoms with Gasteiger partial charge in [0.05, 0.1) is 0 Å². The Labute approximate surface area is 127 Å². The van der Waals surface area contributed by atoms with Crippen LogP contribution in [0.15, 0.2) is 70.8 Å². The topological polar surface area (TPSA) is 29.1 Å². The molecule has 0 spiro atoms. The summed E-state index contributed by atoms with van der Waals surface area (Å²) in [5.74, 6) is 0.0204. The van der Waals surface area contributed by atoms with Crippen LogP contribution in [0.3, 0.4) is 0 Å². The Kier molecular flexibility index (Phi) is 5.13. The number of allylic oxidation sites excluding steroid dienone is 2. The third-order valence-electron chi connectivity index (χ3n) is 2.89. The van der Waals surface area contributed by atoms with E-state index in [4.69, 9.17) is 0 Å². The number of benzene rings is 2. The highest BCUT2D eigenvalue weighted by Crippen LogP contribution is 2.17. The second kappa shape index (κ2) is 7.06. The molecule has 0 aliphatic carbocycles. The average molecular weight is 330 g/mol. The summed E-state index contributed by atoms with van der Waals surface area (Å²) in [4.78, 5) is 12.1. The van der Waals surface area contributed by atoms with Crippen molar-refractivity contribution in [3.05, 3.63) is 76.4 Å². The standard InChI is InChI=1S/C17H16BrNO/c1-2-15(19-16-10-8-14(18)9-11-16)12-17(20)13-6-4-3-5-7-13/h3-12,19H,2H2,1H3. The SMILES string of the molecule is CCC(=CC(=O)c1ccccc1)Nc1ccc(Br)cc1. The Bertz CT molecular complexity index is 603. The number of nitrogens with one attached hydrogen (secondary N) is 1. The van der Waals surface area contributed by atoms with Crippen molar-refractivity contribution in [1.82, 2.24) is 0 Å². The van der Waals surface area contributed by atoms with Crippen LogP contribution < -0.4 is 5.32 Å². The molecule has 3 heteroatoms. The lowest BCUT2D eigenvalue weighted by Gasteiger charge is -2.09. The van der Waals surface area contributed by atoms with Gasteiger partial charge >= 0.3 is 0 Å². The third-order valence-corrected chi connectivity index (χ3v) is 3.42. The first kappa shape index (κ1) is 14.5. The van der Waals surface area contributed by atoms with Crippen molar-refractivity contribution in [2.24, 2.45) is 0 Å². The van der Waals surface area contributed by atoms with Crippen molar-refractivity contribution < 1.29 is 4.79 Å². The van der Waals surface area contributed by atoms with Gasteiger partial charge in [0.25, 0.3) is 0 Å². The predicted molar refractivity (Wildman–Crippen MR) is 86.9 cm³/mol. The lowest BCUT2D eigenvalue weighted by atomic mass is 10.1. The van der Waals surface area contributed by atoms with Crippen molar-refractivity contribution >= 4 is 27.4 Å². The molecule has 0 atom stereocenters. The number of hydrogen-bond donors (Lipinski definition) is 1. The van der Waals surface area contributed by atoms with Crippen molar-refractivity contribution in [2.45, 2.75) is 13.3 Å². The van der Waals surface area contributed by atoms with Crippen LogP contribution in [-0.2, 0) is 0 Å². The number of hydrogen-bond acceptors (Lipinski definition) is 2. The van der Waals surface area contributed by atoms with Crippen LogP contribution in [0.2, 0.25) is 0 Å². The lowest BCUT2D eigenvalue weighted by Crippen LogP contribution is -2.03. The summed E-state index contributed by atoms with van der Waals surface area (Å²) >= 11 is 3.40. The maximum absolute atomic E-state index is 12.1. The minimum absolute atomic E-state index is 0.0204. The molecule has 0 unspecified atom stereocenters. The van der Waals surface area contributed by atoms with Gasteiger partial charge in [0.2, 0.25) is 0 Å². The first-order valence-electron chi connectivity index (χ1n) is 6.51. The van der Waals surface area contributed by atoms with Gasteiger partial charge in [0.1, 0.15) is 0 Å². The summed E-state index contributed by atoms with van der Waals surface area (Å²) in [5.41, 5.74) is 2.58. The molecule has 0 aliphatic heterocycles. The first-order chi connectivity index (χ1) is 9.69. The predicted octanol–water partition coefficient (Wildman–Crippen LogP) is 5.04. The summed E-state index contributed by atoms with van der Waals surface area (Å²) in [6.07, 6.45) is 2.44. The van der Waals surface area contributed by atoms with Crippen LogP contribution in [-0.4, -0.2) is 5.78 Å². The van der Waals surface area contributed by atoms with Gasteiger partial charge in [-0.05, 0) is 30.7 Å². The van der Waals surface area contributed by atoms with Gasteiger partial charge in [0.15, 0.2) is 5.78 Å². The zero-order chi connectivity index (χ0) is 14.4. The fourth-order valence-electron chi connectivity index (χ4n) is 1.79. The summed E-state index contributed by atoms with van der Waals surface area (Å²) in [6, 6.07) is 17.2. The molecule has 0 saturated carbocycles. The monoisotopic (exact) mass is 329 g/mol. The number of carbonyl (C=O) groups is 1. The molecule has 0 heterocycles. The lowest BCUT2D eigenvalue weighted by molar-refractivity contribution is 0.104. The van der Waals surface area contributed by atoms with Crippen molar-refractivity contribution in [3.63, 3.8) is 0 Å². The van der Waals surface area contributed by atoms with Gasteiger partial charge in [0, 0.05) is 27.5 Å². The van der Waals surface area contributed by atoms with E-state index in [1.54, 1.807) is 6.08 Å². The van der Waals surface area contributed by atoms with E-state index in [0.29, 0.717) is 5.56 Å². The molecule has 0 bridgehead atoms. The van der Waals surface area contributed by atoms with Gasteiger partial charge < -0.3 is 5.32 Å². The number of anilines is 1. The maximum Gasteiger partial charge on any atom is 0.187 e. The quantitative estimate of drug-likeness (QED) is 0.615. The van der Waals surface area contributed by atoms with Crippen LogP contribution in [0, 0.1) is 0 Å². The highest BCUT2D eigenvalue weighted by atomic mass is 79.9. The second-order valence-electron chi connectivity index (χ2n) is 4.39. The average Bonchev–Trinajstić information content (AvgIpc) is 2.49. The van der Waals surface area contributed by atoms with Crippen LogP contribution in [0.4, 0.5) is 5.69 Å². The number of rotatable bonds is 5.